The highest BCUT2D eigenvalue weighted by atomic mass is 32.2. The summed E-state index contributed by atoms with van der Waals surface area (Å²) in [6.07, 6.45) is 5.98. The molecule has 3 amide bonds. The average molecular weight is 1280 g/mol. The zero-order valence-corrected chi connectivity index (χ0v) is 50.0. The van der Waals surface area contributed by atoms with Crippen LogP contribution >= 0.6 is 0 Å². The largest absolute Gasteiger partial charge is 0.446 e. The topological polar surface area (TPSA) is 326 Å². The van der Waals surface area contributed by atoms with Crippen molar-refractivity contribution in [3.8, 4) is 5.75 Å². The zero-order chi connectivity index (χ0) is 63.4. The van der Waals surface area contributed by atoms with Crippen molar-refractivity contribution in [3.63, 3.8) is 0 Å². The third-order valence-corrected chi connectivity index (χ3v) is 13.3. The van der Waals surface area contributed by atoms with Gasteiger partial charge in [0.05, 0.1) is 164 Å². The highest BCUT2D eigenvalue weighted by Gasteiger charge is 2.34. The number of carbonyl (C=O) groups excluding carboxylic acids is 4. The molecule has 2 aromatic carbocycles. The molecule has 1 aromatic heterocycles. The standard InChI is InChI=1S/C56H79F4N7O20S/c1-2-13-67(85-16-12-62-56(71)86-43-4-3-5-43)55(70)42-35-45-44(65-46(61)36-42)38-64-66(45)39-41-8-6-40(7-9-41)37-63-47(68)10-14-75-17-19-77-21-23-79-25-27-81-29-31-83-33-34-84-32-30-82-28-26-80-24-22-78-20-18-76-15-11-48(69)87-53-49(57)51(59)54(88(72,73)74)52(60)50(53)58/h6-9,35,38,43H,2-5,10-34,36-37,39H2,1H3,(H2,61,65)(H,62,71)(H,63,68)(H,72,73,74). The Kier molecular flexibility index (Phi) is 33.9. The molecule has 0 atom stereocenters. The molecular formula is C56H79F4N7O20S. The van der Waals surface area contributed by atoms with Gasteiger partial charge in [-0.05, 0) is 42.9 Å². The van der Waals surface area contributed by atoms with Gasteiger partial charge in [0.2, 0.25) is 23.3 Å². The summed E-state index contributed by atoms with van der Waals surface area (Å²) in [5.74, 6) is -12.9. The van der Waals surface area contributed by atoms with Gasteiger partial charge in [-0.2, -0.15) is 22.3 Å². The van der Waals surface area contributed by atoms with Gasteiger partial charge in [-0.3, -0.25) is 28.5 Å². The van der Waals surface area contributed by atoms with Gasteiger partial charge < -0.3 is 73.2 Å². The molecule has 492 valence electrons. The summed E-state index contributed by atoms with van der Waals surface area (Å²) < 4.78 is 152. The fourth-order valence-corrected chi connectivity index (χ4v) is 8.40. The van der Waals surface area contributed by atoms with E-state index in [0.29, 0.717) is 136 Å². The van der Waals surface area contributed by atoms with E-state index in [9.17, 15) is 45.2 Å². The maximum atomic E-state index is 14.0. The van der Waals surface area contributed by atoms with Gasteiger partial charge in [0.25, 0.3) is 5.91 Å². The first-order chi connectivity index (χ1) is 42.5. The van der Waals surface area contributed by atoms with E-state index in [1.54, 1.807) is 17.0 Å². The number of carbonyl (C=O) groups is 4. The van der Waals surface area contributed by atoms with E-state index in [2.05, 4.69) is 25.5 Å². The van der Waals surface area contributed by atoms with Crippen molar-refractivity contribution in [2.24, 2.45) is 10.7 Å². The maximum Gasteiger partial charge on any atom is 0.407 e. The van der Waals surface area contributed by atoms with Gasteiger partial charge in [0.15, 0.2) is 16.5 Å². The van der Waals surface area contributed by atoms with E-state index in [1.807, 2.05) is 31.2 Å². The third kappa shape index (κ3) is 27.2. The molecule has 0 saturated heterocycles. The quantitative estimate of drug-likeness (QED) is 0.0117. The Morgan fingerprint density at radius 3 is 1.61 bits per heavy atom. The number of hydrogen-bond acceptors (Lipinski definition) is 22. The molecule has 0 spiro atoms. The number of esters is 1. The van der Waals surface area contributed by atoms with Crippen molar-refractivity contribution in [2.45, 2.75) is 76.0 Å². The number of nitrogens with one attached hydrogen (secondary N) is 2. The molecule has 1 saturated carbocycles. The van der Waals surface area contributed by atoms with Crippen LogP contribution in [0.25, 0.3) is 6.08 Å². The number of halogens is 4. The van der Waals surface area contributed by atoms with Crippen LogP contribution in [0.15, 0.2) is 45.9 Å². The number of amidine groups is 1. The van der Waals surface area contributed by atoms with E-state index < -0.39 is 62.5 Å². The van der Waals surface area contributed by atoms with Crippen LogP contribution in [0, 0.1) is 23.3 Å². The number of amides is 3. The van der Waals surface area contributed by atoms with Crippen LogP contribution in [0.3, 0.4) is 0 Å². The Bertz CT molecular complexity index is 2770. The van der Waals surface area contributed by atoms with E-state index in [0.717, 1.165) is 30.4 Å². The second kappa shape index (κ2) is 41.1. The lowest BCUT2D eigenvalue weighted by atomic mass is 9.96. The van der Waals surface area contributed by atoms with E-state index in [4.69, 9.17) is 67.2 Å². The number of hydroxylamine groups is 2. The minimum absolute atomic E-state index is 0.0134. The Hall–Kier alpha value is -6.27. The molecule has 3 aromatic rings. The number of benzene rings is 2. The van der Waals surface area contributed by atoms with Crippen molar-refractivity contribution < 1.29 is 111 Å². The average Bonchev–Trinajstić information content (AvgIpc) is 1.34. The fourth-order valence-electron chi connectivity index (χ4n) is 7.77. The predicted molar refractivity (Wildman–Crippen MR) is 303 cm³/mol. The number of hydrogen-bond donors (Lipinski definition) is 4. The smallest absolute Gasteiger partial charge is 0.407 e. The molecule has 1 fully saturated rings. The second-order valence-electron chi connectivity index (χ2n) is 19.2. The number of rotatable bonds is 47. The van der Waals surface area contributed by atoms with Crippen LogP contribution in [0.4, 0.5) is 28.0 Å². The number of nitrogens with zero attached hydrogens (tertiary/aromatic N) is 4. The molecule has 32 heteroatoms. The van der Waals surface area contributed by atoms with Gasteiger partial charge in [0.1, 0.15) is 17.6 Å². The molecule has 0 bridgehead atoms. The van der Waals surface area contributed by atoms with Crippen molar-refractivity contribution >= 4 is 51.6 Å². The summed E-state index contributed by atoms with van der Waals surface area (Å²) >= 11 is 0. The van der Waals surface area contributed by atoms with Gasteiger partial charge in [-0.25, -0.2) is 23.6 Å². The van der Waals surface area contributed by atoms with Gasteiger partial charge in [-0.1, -0.05) is 31.2 Å². The summed E-state index contributed by atoms with van der Waals surface area (Å²) in [4.78, 5) is 58.1. The number of ether oxygens (including phenoxy) is 12. The van der Waals surface area contributed by atoms with Crippen LogP contribution < -0.4 is 21.1 Å². The number of fused-ring (bicyclic) bond motifs is 1. The van der Waals surface area contributed by atoms with Gasteiger partial charge in [0, 0.05) is 38.0 Å². The molecule has 0 radical (unpaired) electrons. The minimum atomic E-state index is -5.65. The van der Waals surface area contributed by atoms with Crippen molar-refractivity contribution in [1.82, 2.24) is 25.5 Å². The first-order valence-electron chi connectivity index (χ1n) is 28.7. The monoisotopic (exact) mass is 1280 g/mol. The van der Waals surface area contributed by atoms with E-state index in [1.165, 1.54) is 5.06 Å². The second-order valence-corrected chi connectivity index (χ2v) is 20.6. The Labute approximate surface area is 507 Å². The lowest BCUT2D eigenvalue weighted by Crippen LogP contribution is -2.38. The Balaban J connectivity index is 0.755. The summed E-state index contributed by atoms with van der Waals surface area (Å²) in [5.41, 5.74) is 9.64. The highest BCUT2D eigenvalue weighted by molar-refractivity contribution is 7.85. The fraction of sp³-hybridized carbons (Fsp3) is 0.607. The minimum Gasteiger partial charge on any atom is -0.446 e. The van der Waals surface area contributed by atoms with Crippen molar-refractivity contribution in [3.05, 3.63) is 76.1 Å². The lowest BCUT2D eigenvalue weighted by molar-refractivity contribution is -0.181. The zero-order valence-electron chi connectivity index (χ0n) is 49.2. The highest BCUT2D eigenvalue weighted by Crippen LogP contribution is 2.33. The molecule has 88 heavy (non-hydrogen) atoms. The Morgan fingerprint density at radius 2 is 1.15 bits per heavy atom. The molecule has 5 N–H and O–H groups in total. The Morgan fingerprint density at radius 1 is 0.670 bits per heavy atom. The lowest BCUT2D eigenvalue weighted by Gasteiger charge is -2.25. The van der Waals surface area contributed by atoms with Crippen LogP contribution in [0.1, 0.15) is 68.7 Å². The normalized spacial score (nSPS) is 13.3. The summed E-state index contributed by atoms with van der Waals surface area (Å²) in [6.45, 7) is 8.93. The molecule has 1 aliphatic heterocycles. The summed E-state index contributed by atoms with van der Waals surface area (Å²) in [7, 11) is -5.65. The number of alkyl carbamates (subject to hydrolysis) is 1. The number of nitrogens with two attached hydrogens (primary N) is 1. The molecule has 5 rings (SSSR count). The van der Waals surface area contributed by atoms with Crippen molar-refractivity contribution in [1.29, 1.82) is 0 Å². The molecule has 2 aliphatic rings. The molecule has 27 nitrogen and oxygen atoms in total. The van der Waals surface area contributed by atoms with Crippen LogP contribution in [-0.2, 0) is 94.5 Å². The molecule has 2 heterocycles. The van der Waals surface area contributed by atoms with Gasteiger partial charge in [-0.15, -0.1) is 0 Å². The molecule has 1 aliphatic carbocycles. The third-order valence-electron chi connectivity index (χ3n) is 12.5. The first kappa shape index (κ1) is 72.5. The van der Waals surface area contributed by atoms with E-state index in [-0.39, 0.29) is 89.4 Å². The van der Waals surface area contributed by atoms with E-state index >= 15 is 0 Å². The van der Waals surface area contributed by atoms with Gasteiger partial charge >= 0.3 is 22.2 Å². The SMILES string of the molecule is CCCN(OCCNC(=O)OC1CCC1)C(=O)C1=Cc2c(cnn2Cc2ccc(CNC(=O)CCOCCOCCOCCOCCOCCOCCOCCOCCOCCOCCC(=O)Oc3c(F)c(F)c(S(=O)(=O)O)c(F)c3F)cc2)N=C(N)C1. The van der Waals surface area contributed by atoms with Crippen LogP contribution in [0.5, 0.6) is 5.75 Å². The first-order valence-corrected chi connectivity index (χ1v) is 30.1. The predicted octanol–water partition coefficient (Wildman–Crippen LogP) is 4.13. The molecular weight excluding hydrogens is 1200 g/mol. The molecule has 0 unspecified atom stereocenters. The summed E-state index contributed by atoms with van der Waals surface area (Å²) in [5, 5.41) is 11.4. The number of aromatic nitrogens is 2. The number of aliphatic imine (C=N–C) groups is 1. The maximum absolute atomic E-state index is 14.0. The van der Waals surface area contributed by atoms with Crippen LogP contribution in [-0.4, -0.2) is 215 Å². The summed E-state index contributed by atoms with van der Waals surface area (Å²) in [6, 6.07) is 7.75. The van der Waals surface area contributed by atoms with Crippen molar-refractivity contribution in [2.75, 3.05) is 152 Å². The van der Waals surface area contributed by atoms with Crippen LogP contribution in [0.2, 0.25) is 0 Å².